The molecule has 2 saturated heterocycles. The number of fused-ring (bicyclic) bond motifs is 2. The Bertz CT molecular complexity index is 4850. The fraction of sp³-hybridized carbons (Fsp3) is 0.326. The van der Waals surface area contributed by atoms with E-state index >= 15 is 28.8 Å². The molecule has 2 fully saturated rings. The molecule has 4 unspecified atom stereocenters. The Morgan fingerprint density at radius 2 is 0.573 bits per heavy atom. The van der Waals surface area contributed by atoms with E-state index in [0.717, 1.165) is 32.1 Å². The monoisotopic (exact) mass is 1480 g/mol. The standard InChI is InChI=1S/C92H90N2O16/c1-15-17-69(87(99)109-61-39-35-55(36-40-61)101-47-63-49-103-63)93-83(95)65-43-71(105-57-27-19-51(20-28-57)89(3,4)5)77-79-73(107-59-31-23-53(24-32-59)91(9,10)11)45-67-76-68(86(98)94(85(67)97)70(18-16-2)88(100)110-62-41-37-56(38-42-62)102-48-64-50-104-64)46-74(108-60-33-25-54(26-34-60)92(12,13)14)80(82(76)79)78-72(44-66(84(93)96)75(65)81(77)78)106-58-29-21-52(22-30-58)90(6,7)8/h19-46,63-64,69-70H,15-18,47-50H2,1-14H3. The predicted octanol–water partition coefficient (Wildman–Crippen LogP) is 20.4. The van der Waals surface area contributed by atoms with E-state index in [-0.39, 0.29) is 147 Å². The third kappa shape index (κ3) is 14.5. The molecular formula is C92H90N2O16. The van der Waals surface area contributed by atoms with Gasteiger partial charge in [0, 0.05) is 43.1 Å². The molecule has 4 aliphatic heterocycles. The van der Waals surface area contributed by atoms with E-state index in [1.54, 1.807) is 72.8 Å². The molecule has 110 heavy (non-hydrogen) atoms. The van der Waals surface area contributed by atoms with E-state index in [4.69, 9.17) is 47.4 Å². The number of nitrogens with zero attached hydrogens (tertiary/aromatic N) is 2. The first-order valence-corrected chi connectivity index (χ1v) is 37.8. The quantitative estimate of drug-likeness (QED) is 0.0138. The molecule has 4 atom stereocenters. The highest BCUT2D eigenvalue weighted by Crippen LogP contribution is 2.59. The largest absolute Gasteiger partial charge is 0.491 e. The van der Waals surface area contributed by atoms with Crippen LogP contribution < -0.4 is 37.9 Å². The molecule has 11 aromatic carbocycles. The van der Waals surface area contributed by atoms with Crippen molar-refractivity contribution in [2.45, 2.75) is 169 Å². The van der Waals surface area contributed by atoms with E-state index in [1.807, 2.05) is 111 Å². The zero-order valence-corrected chi connectivity index (χ0v) is 64.6. The number of epoxide rings is 2. The van der Waals surface area contributed by atoms with Crippen LogP contribution in [0.1, 0.15) is 186 Å². The second kappa shape index (κ2) is 28.6. The molecular weight excluding hydrogens is 1390 g/mol. The van der Waals surface area contributed by atoms with Crippen LogP contribution in [-0.2, 0) is 40.7 Å². The summed E-state index contributed by atoms with van der Waals surface area (Å²) in [5.41, 5.74) is 2.94. The Morgan fingerprint density at radius 3 is 0.791 bits per heavy atom. The third-order valence-corrected chi connectivity index (χ3v) is 20.8. The molecule has 0 radical (unpaired) electrons. The highest BCUT2D eigenvalue weighted by Gasteiger charge is 2.47. The van der Waals surface area contributed by atoms with Crippen LogP contribution in [0.5, 0.6) is 69.0 Å². The first-order chi connectivity index (χ1) is 52.4. The van der Waals surface area contributed by atoms with Crippen molar-refractivity contribution in [1.29, 1.82) is 0 Å². The van der Waals surface area contributed by atoms with Gasteiger partial charge in [-0.25, -0.2) is 9.59 Å². The molecule has 4 amide bonds. The number of esters is 2. The molecule has 0 aliphatic carbocycles. The number of hydrogen-bond acceptors (Lipinski definition) is 16. The van der Waals surface area contributed by atoms with Gasteiger partial charge in [-0.2, -0.15) is 0 Å². The number of imide groups is 2. The maximum absolute atomic E-state index is 16.5. The minimum Gasteiger partial charge on any atom is -0.491 e. The van der Waals surface area contributed by atoms with Gasteiger partial charge in [0.2, 0.25) is 0 Å². The van der Waals surface area contributed by atoms with Crippen LogP contribution in [0.4, 0.5) is 0 Å². The minimum absolute atomic E-state index is 0.00521. The van der Waals surface area contributed by atoms with Crippen LogP contribution in [0.3, 0.4) is 0 Å². The van der Waals surface area contributed by atoms with E-state index < -0.39 is 47.7 Å². The van der Waals surface area contributed by atoms with E-state index in [0.29, 0.717) is 73.8 Å². The van der Waals surface area contributed by atoms with Crippen molar-refractivity contribution in [3.8, 4) is 69.0 Å². The van der Waals surface area contributed by atoms with Gasteiger partial charge < -0.3 is 47.4 Å². The van der Waals surface area contributed by atoms with E-state index in [1.165, 1.54) is 0 Å². The van der Waals surface area contributed by atoms with Gasteiger partial charge in [0.25, 0.3) is 23.6 Å². The van der Waals surface area contributed by atoms with Gasteiger partial charge >= 0.3 is 11.9 Å². The highest BCUT2D eigenvalue weighted by molar-refractivity contribution is 6.45. The second-order valence-corrected chi connectivity index (χ2v) is 33.1. The summed E-state index contributed by atoms with van der Waals surface area (Å²) in [6.07, 6.45) is 0.773. The summed E-state index contributed by atoms with van der Waals surface area (Å²) >= 11 is 0. The summed E-state index contributed by atoms with van der Waals surface area (Å²) < 4.78 is 64.1. The van der Waals surface area contributed by atoms with Gasteiger partial charge in [0.15, 0.2) is 0 Å². The Morgan fingerprint density at radius 1 is 0.345 bits per heavy atom. The summed E-state index contributed by atoms with van der Waals surface area (Å²) in [4.78, 5) is 97.9. The van der Waals surface area contributed by atoms with Crippen molar-refractivity contribution in [2.75, 3.05) is 26.4 Å². The van der Waals surface area contributed by atoms with Gasteiger partial charge in [-0.05, 0) is 178 Å². The minimum atomic E-state index is -1.46. The SMILES string of the molecule is CCCC(C(=O)Oc1ccc(OCC2CO2)cc1)N1C(=O)c2cc(Oc3ccc(C(C)(C)C)cc3)c3c4c(Oc5ccc(C(C)(C)C)cc5)cc5c6c(cc(Oc7ccc(C(C)(C)C)cc7)c(c7c(Oc8ccc(C(C)(C)C)cc8)cc(c2c37)C1=O)c64)C(=O)N(C(CCC)C(=O)Oc1ccc(OCC2CO2)cc1)C5=O. The zero-order valence-electron chi connectivity index (χ0n) is 64.6. The van der Waals surface area contributed by atoms with Crippen molar-refractivity contribution in [3.05, 3.63) is 214 Å². The molecule has 0 N–H and O–H groups in total. The van der Waals surface area contributed by atoms with Gasteiger partial charge in [-0.3, -0.25) is 29.0 Å². The zero-order chi connectivity index (χ0) is 77.6. The Hall–Kier alpha value is -11.3. The van der Waals surface area contributed by atoms with Crippen LogP contribution in [0.2, 0.25) is 0 Å². The Balaban J connectivity index is 1.03. The van der Waals surface area contributed by atoms with Crippen LogP contribution in [-0.4, -0.2) is 96.1 Å². The molecule has 15 rings (SSSR count). The summed E-state index contributed by atoms with van der Waals surface area (Å²) in [5, 5.41) is 2.06. The molecule has 11 aromatic rings. The molecule has 0 spiro atoms. The molecule has 4 heterocycles. The number of benzene rings is 11. The lowest BCUT2D eigenvalue weighted by molar-refractivity contribution is -0.139. The average Bonchev–Trinajstić information content (AvgIpc) is 1.48. The Labute approximate surface area is 639 Å². The van der Waals surface area contributed by atoms with Crippen molar-refractivity contribution < 1.29 is 76.1 Å². The molecule has 0 saturated carbocycles. The first-order valence-electron chi connectivity index (χ1n) is 37.8. The Kier molecular flexibility index (Phi) is 19.3. The molecule has 18 nitrogen and oxygen atoms in total. The number of amides is 4. The number of rotatable bonds is 24. The van der Waals surface area contributed by atoms with Crippen LogP contribution in [0.15, 0.2) is 170 Å². The summed E-state index contributed by atoms with van der Waals surface area (Å²) in [6.45, 7) is 31.0. The summed E-state index contributed by atoms with van der Waals surface area (Å²) in [6, 6.07) is 47.0. The number of ether oxygens (including phenoxy) is 10. The number of hydrogen-bond donors (Lipinski definition) is 0. The topological polar surface area (TPSA) is 208 Å². The summed E-state index contributed by atoms with van der Waals surface area (Å²) in [7, 11) is 0. The first kappa shape index (κ1) is 74.1. The van der Waals surface area contributed by atoms with Crippen molar-refractivity contribution in [2.24, 2.45) is 0 Å². The van der Waals surface area contributed by atoms with E-state index in [9.17, 15) is 0 Å². The van der Waals surface area contributed by atoms with Gasteiger partial charge in [0.1, 0.15) is 106 Å². The van der Waals surface area contributed by atoms with Gasteiger partial charge in [-0.1, -0.05) is 158 Å². The van der Waals surface area contributed by atoms with Crippen LogP contribution >= 0.6 is 0 Å². The van der Waals surface area contributed by atoms with Crippen LogP contribution in [0, 0.1) is 0 Å². The second-order valence-electron chi connectivity index (χ2n) is 33.1. The van der Waals surface area contributed by atoms with Crippen LogP contribution in [0.25, 0.3) is 43.1 Å². The molecule has 0 bridgehead atoms. The number of carbonyl (C=O) groups excluding carboxylic acids is 6. The maximum Gasteiger partial charge on any atom is 0.334 e. The summed E-state index contributed by atoms with van der Waals surface area (Å²) in [5.74, 6) is -1.81. The lowest BCUT2D eigenvalue weighted by Crippen LogP contribution is -2.51. The van der Waals surface area contributed by atoms with E-state index in [2.05, 4.69) is 83.1 Å². The van der Waals surface area contributed by atoms with Crippen molar-refractivity contribution in [1.82, 2.24) is 9.80 Å². The van der Waals surface area contributed by atoms with Gasteiger partial charge in [-0.15, -0.1) is 0 Å². The highest BCUT2D eigenvalue weighted by atomic mass is 16.6. The smallest absolute Gasteiger partial charge is 0.334 e. The van der Waals surface area contributed by atoms with Crippen molar-refractivity contribution >= 4 is 78.7 Å². The lowest BCUT2D eigenvalue weighted by atomic mass is 9.80. The fourth-order valence-corrected chi connectivity index (χ4v) is 14.6. The predicted molar refractivity (Wildman–Crippen MR) is 422 cm³/mol. The maximum atomic E-state index is 16.5. The normalized spacial score (nSPS) is 16.2. The fourth-order valence-electron chi connectivity index (χ4n) is 14.6. The van der Waals surface area contributed by atoms with Gasteiger partial charge in [0.05, 0.1) is 35.5 Å². The lowest BCUT2D eigenvalue weighted by Gasteiger charge is -2.35. The van der Waals surface area contributed by atoms with Crippen molar-refractivity contribution in [3.63, 3.8) is 0 Å². The average molecular weight is 1480 g/mol. The third-order valence-electron chi connectivity index (χ3n) is 20.8. The molecule has 564 valence electrons. The molecule has 18 heteroatoms. The number of carbonyl (C=O) groups is 6. The molecule has 0 aromatic heterocycles. The molecule has 4 aliphatic rings.